The highest BCUT2D eigenvalue weighted by Gasteiger charge is 2.22. The molecule has 0 aliphatic rings. The number of hydrogen-bond donors (Lipinski definition) is 3. The number of fused-ring (bicyclic) bond motifs is 1. The highest BCUT2D eigenvalue weighted by atomic mass is 16.4. The summed E-state index contributed by atoms with van der Waals surface area (Å²) in [7, 11) is 0. The number of carboxylic acid groups (broad SMARTS) is 1. The van der Waals surface area contributed by atoms with Crippen molar-refractivity contribution < 1.29 is 9.90 Å². The summed E-state index contributed by atoms with van der Waals surface area (Å²) in [6, 6.07) is 1.16. The summed E-state index contributed by atoms with van der Waals surface area (Å²) in [4.78, 5) is 24.9. The van der Waals surface area contributed by atoms with Crippen LogP contribution in [0.5, 0.6) is 0 Å². The quantitative estimate of drug-likeness (QED) is 0.699. The fourth-order valence-electron chi connectivity index (χ4n) is 1.70. The molecular formula is C10H12N4O3. The van der Waals surface area contributed by atoms with Crippen LogP contribution in [0.25, 0.3) is 5.65 Å². The van der Waals surface area contributed by atoms with E-state index in [4.69, 9.17) is 10.8 Å². The Bertz CT molecular complexity index is 653. The van der Waals surface area contributed by atoms with E-state index in [1.807, 2.05) is 13.8 Å². The summed E-state index contributed by atoms with van der Waals surface area (Å²) in [5.74, 6) is -1.10. The summed E-state index contributed by atoms with van der Waals surface area (Å²) < 4.78 is 1.24. The average molecular weight is 236 g/mol. The van der Waals surface area contributed by atoms with Gasteiger partial charge in [-0.15, -0.1) is 0 Å². The predicted octanol–water partition coefficient (Wildman–Crippen LogP) is 0.426. The van der Waals surface area contributed by atoms with Crippen LogP contribution >= 0.6 is 0 Å². The van der Waals surface area contributed by atoms with Gasteiger partial charge in [0.2, 0.25) is 0 Å². The molecule has 0 aliphatic carbocycles. The third-order valence-corrected chi connectivity index (χ3v) is 2.44. The van der Waals surface area contributed by atoms with E-state index in [1.165, 1.54) is 4.52 Å². The molecule has 0 aromatic carbocycles. The summed E-state index contributed by atoms with van der Waals surface area (Å²) in [5.41, 5.74) is 5.68. The first-order chi connectivity index (χ1) is 7.91. The highest BCUT2D eigenvalue weighted by Crippen LogP contribution is 2.22. The number of aromatic carboxylic acids is 1. The average Bonchev–Trinajstić information content (AvgIpc) is 2.56. The van der Waals surface area contributed by atoms with Crippen molar-refractivity contribution in [3.63, 3.8) is 0 Å². The van der Waals surface area contributed by atoms with E-state index >= 15 is 0 Å². The smallest absolute Gasteiger partial charge is 0.341 e. The summed E-state index contributed by atoms with van der Waals surface area (Å²) in [5, 5.41) is 13.3. The normalized spacial score (nSPS) is 11.2. The van der Waals surface area contributed by atoms with Crippen LogP contribution in [0.4, 0.5) is 5.82 Å². The fourth-order valence-corrected chi connectivity index (χ4v) is 1.70. The molecule has 2 rings (SSSR count). The zero-order valence-corrected chi connectivity index (χ0v) is 9.39. The first kappa shape index (κ1) is 11.2. The molecule has 90 valence electrons. The zero-order chi connectivity index (χ0) is 12.7. The molecule has 0 fully saturated rings. The van der Waals surface area contributed by atoms with Gasteiger partial charge in [0.05, 0.1) is 5.69 Å². The lowest BCUT2D eigenvalue weighted by atomic mass is 10.1. The Hall–Kier alpha value is -2.31. The van der Waals surface area contributed by atoms with Gasteiger partial charge in [0.1, 0.15) is 11.4 Å². The Morgan fingerprint density at radius 2 is 2.24 bits per heavy atom. The molecule has 7 nitrogen and oxygen atoms in total. The van der Waals surface area contributed by atoms with Crippen LogP contribution in [0.15, 0.2) is 10.9 Å². The maximum Gasteiger partial charge on any atom is 0.341 e. The summed E-state index contributed by atoms with van der Waals surface area (Å²) in [6.07, 6.45) is 0. The molecule has 0 radical (unpaired) electrons. The zero-order valence-electron chi connectivity index (χ0n) is 9.39. The van der Waals surface area contributed by atoms with E-state index < -0.39 is 11.5 Å². The van der Waals surface area contributed by atoms with Gasteiger partial charge in [-0.25, -0.2) is 9.31 Å². The number of aromatic amines is 1. The van der Waals surface area contributed by atoms with Crippen LogP contribution in [0, 0.1) is 0 Å². The minimum atomic E-state index is -1.13. The second-order valence-corrected chi connectivity index (χ2v) is 4.04. The number of anilines is 1. The first-order valence-corrected chi connectivity index (χ1v) is 5.06. The number of hydrogen-bond acceptors (Lipinski definition) is 4. The predicted molar refractivity (Wildman–Crippen MR) is 61.3 cm³/mol. The number of aromatic nitrogens is 3. The van der Waals surface area contributed by atoms with Crippen molar-refractivity contribution in [2.24, 2.45) is 0 Å². The van der Waals surface area contributed by atoms with Crippen molar-refractivity contribution in [2.45, 2.75) is 19.8 Å². The molecule has 2 aromatic heterocycles. The molecule has 0 spiro atoms. The van der Waals surface area contributed by atoms with Gasteiger partial charge in [0.15, 0.2) is 5.65 Å². The number of nitrogens with two attached hydrogens (primary N) is 1. The SMILES string of the molecule is CC(C)c1nn2c(N)cc(=O)[nH]c2c1C(=O)O. The van der Waals surface area contributed by atoms with Gasteiger partial charge in [-0.05, 0) is 5.92 Å². The number of carboxylic acids is 1. The van der Waals surface area contributed by atoms with E-state index in [0.29, 0.717) is 5.69 Å². The Kier molecular flexibility index (Phi) is 2.38. The first-order valence-electron chi connectivity index (χ1n) is 5.06. The molecule has 2 heterocycles. The Balaban J connectivity index is 2.95. The summed E-state index contributed by atoms with van der Waals surface area (Å²) >= 11 is 0. The van der Waals surface area contributed by atoms with Gasteiger partial charge < -0.3 is 15.8 Å². The lowest BCUT2D eigenvalue weighted by Gasteiger charge is -1.99. The van der Waals surface area contributed by atoms with Crippen LogP contribution in [0.1, 0.15) is 35.8 Å². The lowest BCUT2D eigenvalue weighted by Crippen LogP contribution is -2.12. The number of H-pyrrole nitrogens is 1. The van der Waals surface area contributed by atoms with Crippen LogP contribution in [-0.2, 0) is 0 Å². The van der Waals surface area contributed by atoms with E-state index in [2.05, 4.69) is 10.1 Å². The van der Waals surface area contributed by atoms with Crippen LogP contribution < -0.4 is 11.3 Å². The number of nitrogen functional groups attached to an aromatic ring is 1. The van der Waals surface area contributed by atoms with E-state index in [0.717, 1.165) is 6.07 Å². The molecule has 4 N–H and O–H groups in total. The minimum absolute atomic E-state index is 0.00981. The molecule has 0 saturated carbocycles. The third kappa shape index (κ3) is 1.65. The minimum Gasteiger partial charge on any atom is -0.477 e. The molecule has 17 heavy (non-hydrogen) atoms. The van der Waals surface area contributed by atoms with Crippen molar-refractivity contribution in [3.05, 3.63) is 27.7 Å². The van der Waals surface area contributed by atoms with Crippen molar-refractivity contribution in [2.75, 3.05) is 5.73 Å². The Morgan fingerprint density at radius 3 is 2.76 bits per heavy atom. The topological polar surface area (TPSA) is 113 Å². The lowest BCUT2D eigenvalue weighted by molar-refractivity contribution is 0.0697. The van der Waals surface area contributed by atoms with Gasteiger partial charge in [-0.1, -0.05) is 13.8 Å². The molecule has 0 unspecified atom stereocenters. The molecule has 0 saturated heterocycles. The standard InChI is InChI=1S/C10H12N4O3/c1-4(2)8-7(10(16)17)9-12-6(15)3-5(11)14(9)13-8/h3-4H,11H2,1-2H3,(H,12,15)(H,16,17). The van der Waals surface area contributed by atoms with Crippen LogP contribution in [0.3, 0.4) is 0 Å². The number of nitrogens with one attached hydrogen (secondary N) is 1. The van der Waals surface area contributed by atoms with Gasteiger partial charge in [0.25, 0.3) is 5.56 Å². The maximum atomic E-state index is 11.3. The van der Waals surface area contributed by atoms with Crippen molar-refractivity contribution in [1.82, 2.24) is 14.6 Å². The van der Waals surface area contributed by atoms with Gasteiger partial charge >= 0.3 is 5.97 Å². The fraction of sp³-hybridized carbons (Fsp3) is 0.300. The molecule has 0 amide bonds. The van der Waals surface area contributed by atoms with Crippen LogP contribution in [-0.4, -0.2) is 25.7 Å². The van der Waals surface area contributed by atoms with Gasteiger partial charge in [-0.2, -0.15) is 5.10 Å². The number of carbonyl (C=O) groups is 1. The van der Waals surface area contributed by atoms with E-state index in [1.54, 1.807) is 0 Å². The van der Waals surface area contributed by atoms with E-state index in [-0.39, 0.29) is 22.9 Å². The summed E-state index contributed by atoms with van der Waals surface area (Å²) in [6.45, 7) is 3.64. The Labute approximate surface area is 95.9 Å². The number of nitrogens with zero attached hydrogens (tertiary/aromatic N) is 2. The van der Waals surface area contributed by atoms with Crippen molar-refractivity contribution in [1.29, 1.82) is 0 Å². The van der Waals surface area contributed by atoms with Gasteiger partial charge in [-0.3, -0.25) is 4.79 Å². The van der Waals surface area contributed by atoms with Crippen LogP contribution in [0.2, 0.25) is 0 Å². The second kappa shape index (κ2) is 3.62. The highest BCUT2D eigenvalue weighted by molar-refractivity contribution is 5.96. The number of rotatable bonds is 2. The molecule has 0 bridgehead atoms. The maximum absolute atomic E-state index is 11.3. The molecule has 2 aromatic rings. The molecule has 0 aliphatic heterocycles. The Morgan fingerprint density at radius 1 is 1.59 bits per heavy atom. The van der Waals surface area contributed by atoms with Gasteiger partial charge in [0, 0.05) is 6.07 Å². The van der Waals surface area contributed by atoms with Crippen molar-refractivity contribution >= 4 is 17.4 Å². The molecular weight excluding hydrogens is 224 g/mol. The molecule has 0 atom stereocenters. The largest absolute Gasteiger partial charge is 0.477 e. The second-order valence-electron chi connectivity index (χ2n) is 4.04. The molecule has 7 heteroatoms. The van der Waals surface area contributed by atoms with E-state index in [9.17, 15) is 9.59 Å². The van der Waals surface area contributed by atoms with Crippen molar-refractivity contribution in [3.8, 4) is 0 Å². The third-order valence-electron chi connectivity index (χ3n) is 2.44. The monoisotopic (exact) mass is 236 g/mol.